The normalized spacial score (nSPS) is 22.3. The van der Waals surface area contributed by atoms with E-state index in [-0.39, 0.29) is 30.7 Å². The summed E-state index contributed by atoms with van der Waals surface area (Å²) in [6.45, 7) is 2.84. The maximum absolute atomic E-state index is 11.9. The smallest absolute Gasteiger partial charge is 0.315 e. The predicted octanol–water partition coefficient (Wildman–Crippen LogP) is 1.78. The SMILES string of the molecule is CCOC1CC(NC(=O)NCCCC(=O)O)C1Oc1ccccc1. The van der Waals surface area contributed by atoms with Gasteiger partial charge in [-0.2, -0.15) is 0 Å². The van der Waals surface area contributed by atoms with Crippen LogP contribution >= 0.6 is 0 Å². The highest BCUT2D eigenvalue weighted by Gasteiger charge is 2.44. The van der Waals surface area contributed by atoms with Crippen molar-refractivity contribution in [2.45, 2.75) is 44.4 Å². The molecule has 3 N–H and O–H groups in total. The number of nitrogens with one attached hydrogen (secondary N) is 2. The number of carboxylic acid groups (broad SMARTS) is 1. The van der Waals surface area contributed by atoms with E-state index in [9.17, 15) is 9.59 Å². The van der Waals surface area contributed by atoms with Crippen LogP contribution in [0.4, 0.5) is 4.79 Å². The number of para-hydroxylation sites is 1. The molecule has 0 spiro atoms. The minimum absolute atomic E-state index is 0.0376. The molecule has 1 fully saturated rings. The average molecular weight is 336 g/mol. The molecular formula is C17H24N2O5. The van der Waals surface area contributed by atoms with E-state index in [2.05, 4.69) is 10.6 Å². The Labute approximate surface area is 141 Å². The lowest BCUT2D eigenvalue weighted by Crippen LogP contribution is -2.63. The lowest BCUT2D eigenvalue weighted by molar-refractivity contribution is -0.137. The third-order valence-electron chi connectivity index (χ3n) is 3.81. The second-order valence-corrected chi connectivity index (χ2v) is 5.63. The van der Waals surface area contributed by atoms with Gasteiger partial charge in [-0.3, -0.25) is 4.79 Å². The summed E-state index contributed by atoms with van der Waals surface area (Å²) >= 11 is 0. The molecular weight excluding hydrogens is 312 g/mol. The molecule has 7 heteroatoms. The number of ether oxygens (including phenoxy) is 2. The number of carboxylic acids is 1. The first kappa shape index (κ1) is 18.1. The molecule has 0 heterocycles. The van der Waals surface area contributed by atoms with Crippen molar-refractivity contribution in [3.8, 4) is 5.75 Å². The van der Waals surface area contributed by atoms with Crippen molar-refractivity contribution in [3.63, 3.8) is 0 Å². The first-order valence-corrected chi connectivity index (χ1v) is 8.19. The van der Waals surface area contributed by atoms with E-state index in [1.165, 1.54) is 0 Å². The van der Waals surface area contributed by atoms with Crippen LogP contribution < -0.4 is 15.4 Å². The topological polar surface area (TPSA) is 96.9 Å². The largest absolute Gasteiger partial charge is 0.486 e. The number of carbonyl (C=O) groups excluding carboxylic acids is 1. The van der Waals surface area contributed by atoms with Crippen LogP contribution in [0.15, 0.2) is 30.3 Å². The number of aliphatic carboxylic acids is 1. The van der Waals surface area contributed by atoms with Crippen LogP contribution in [-0.2, 0) is 9.53 Å². The fourth-order valence-electron chi connectivity index (χ4n) is 2.57. The van der Waals surface area contributed by atoms with Gasteiger partial charge in [0.2, 0.25) is 0 Å². The van der Waals surface area contributed by atoms with E-state index in [0.717, 1.165) is 5.75 Å². The van der Waals surface area contributed by atoms with Crippen LogP contribution in [0.5, 0.6) is 5.75 Å². The summed E-state index contributed by atoms with van der Waals surface area (Å²) in [5.74, 6) is -0.132. The van der Waals surface area contributed by atoms with E-state index >= 15 is 0 Å². The maximum atomic E-state index is 11.9. The van der Waals surface area contributed by atoms with Crippen LogP contribution in [0.25, 0.3) is 0 Å². The molecule has 3 atom stereocenters. The van der Waals surface area contributed by atoms with Gasteiger partial charge in [-0.15, -0.1) is 0 Å². The molecule has 1 aromatic rings. The maximum Gasteiger partial charge on any atom is 0.315 e. The molecule has 0 aromatic heterocycles. The fraction of sp³-hybridized carbons (Fsp3) is 0.529. The highest BCUT2D eigenvalue weighted by Crippen LogP contribution is 2.29. The molecule has 0 aliphatic heterocycles. The molecule has 1 aromatic carbocycles. The molecule has 24 heavy (non-hydrogen) atoms. The molecule has 1 saturated carbocycles. The minimum atomic E-state index is -0.868. The Morgan fingerprint density at radius 3 is 2.71 bits per heavy atom. The van der Waals surface area contributed by atoms with Crippen LogP contribution in [0.1, 0.15) is 26.2 Å². The van der Waals surface area contributed by atoms with Gasteiger partial charge in [-0.25, -0.2) is 4.79 Å². The Bertz CT molecular complexity index is 537. The highest BCUT2D eigenvalue weighted by atomic mass is 16.5. The van der Waals surface area contributed by atoms with Gasteiger partial charge < -0.3 is 25.2 Å². The fourth-order valence-corrected chi connectivity index (χ4v) is 2.57. The van der Waals surface area contributed by atoms with E-state index in [0.29, 0.717) is 26.0 Å². The molecule has 1 aliphatic rings. The highest BCUT2D eigenvalue weighted by molar-refractivity contribution is 5.74. The molecule has 7 nitrogen and oxygen atoms in total. The molecule has 3 unspecified atom stereocenters. The van der Waals surface area contributed by atoms with Gasteiger partial charge in [-0.05, 0) is 25.5 Å². The van der Waals surface area contributed by atoms with E-state index in [1.807, 2.05) is 37.3 Å². The summed E-state index contributed by atoms with van der Waals surface area (Å²) in [5, 5.41) is 14.1. The summed E-state index contributed by atoms with van der Waals surface area (Å²) in [7, 11) is 0. The van der Waals surface area contributed by atoms with Crippen molar-refractivity contribution in [3.05, 3.63) is 30.3 Å². The molecule has 2 rings (SSSR count). The zero-order valence-corrected chi connectivity index (χ0v) is 13.7. The number of hydrogen-bond acceptors (Lipinski definition) is 4. The second-order valence-electron chi connectivity index (χ2n) is 5.63. The second kappa shape index (κ2) is 9.12. The number of rotatable bonds is 9. The van der Waals surface area contributed by atoms with Gasteiger partial charge >= 0.3 is 12.0 Å². The monoisotopic (exact) mass is 336 g/mol. The van der Waals surface area contributed by atoms with Gasteiger partial charge in [0.25, 0.3) is 0 Å². The van der Waals surface area contributed by atoms with Crippen molar-refractivity contribution in [2.75, 3.05) is 13.2 Å². The molecule has 0 bridgehead atoms. The van der Waals surface area contributed by atoms with Crippen molar-refractivity contribution in [1.82, 2.24) is 10.6 Å². The van der Waals surface area contributed by atoms with Crippen molar-refractivity contribution < 1.29 is 24.2 Å². The Balaban J connectivity index is 1.80. The summed E-state index contributed by atoms with van der Waals surface area (Å²) in [4.78, 5) is 22.3. The number of hydrogen-bond donors (Lipinski definition) is 3. The van der Waals surface area contributed by atoms with Gasteiger partial charge in [0.05, 0.1) is 12.1 Å². The van der Waals surface area contributed by atoms with Crippen LogP contribution in [0.3, 0.4) is 0 Å². The first-order chi connectivity index (χ1) is 11.6. The van der Waals surface area contributed by atoms with Crippen molar-refractivity contribution >= 4 is 12.0 Å². The number of urea groups is 1. The summed E-state index contributed by atoms with van der Waals surface area (Å²) in [6, 6.07) is 8.97. The molecule has 0 radical (unpaired) electrons. The summed E-state index contributed by atoms with van der Waals surface area (Å²) in [6.07, 6.45) is 0.840. The summed E-state index contributed by atoms with van der Waals surface area (Å²) in [5.41, 5.74) is 0. The average Bonchev–Trinajstić information content (AvgIpc) is 2.56. The molecule has 0 saturated heterocycles. The van der Waals surface area contributed by atoms with Gasteiger partial charge in [0.1, 0.15) is 11.9 Å². The van der Waals surface area contributed by atoms with Crippen LogP contribution in [-0.4, -0.2) is 48.5 Å². The van der Waals surface area contributed by atoms with Crippen molar-refractivity contribution in [1.29, 1.82) is 0 Å². The Kier molecular flexibility index (Phi) is 6.87. The molecule has 132 valence electrons. The van der Waals surface area contributed by atoms with Gasteiger partial charge in [0.15, 0.2) is 0 Å². The van der Waals surface area contributed by atoms with Gasteiger partial charge in [-0.1, -0.05) is 18.2 Å². The molecule has 1 aliphatic carbocycles. The quantitative estimate of drug-likeness (QED) is 0.597. The predicted molar refractivity (Wildman–Crippen MR) is 88.1 cm³/mol. The summed E-state index contributed by atoms with van der Waals surface area (Å²) < 4.78 is 11.6. The van der Waals surface area contributed by atoms with E-state index in [4.69, 9.17) is 14.6 Å². The van der Waals surface area contributed by atoms with E-state index in [1.54, 1.807) is 0 Å². The third kappa shape index (κ3) is 5.42. The Morgan fingerprint density at radius 2 is 2.04 bits per heavy atom. The van der Waals surface area contributed by atoms with Crippen molar-refractivity contribution in [2.24, 2.45) is 0 Å². The zero-order valence-electron chi connectivity index (χ0n) is 13.7. The Hall–Kier alpha value is -2.28. The standard InChI is InChI=1S/C17H24N2O5/c1-2-23-14-11-13(16(14)24-12-7-4-3-5-8-12)19-17(22)18-10-6-9-15(20)21/h3-5,7-8,13-14,16H,2,6,9-11H2,1H3,(H,20,21)(H2,18,19,22). The number of amides is 2. The van der Waals surface area contributed by atoms with E-state index < -0.39 is 5.97 Å². The third-order valence-corrected chi connectivity index (χ3v) is 3.81. The number of benzene rings is 1. The lowest BCUT2D eigenvalue weighted by atomic mass is 9.85. The molecule has 2 amide bonds. The van der Waals surface area contributed by atoms with Gasteiger partial charge in [0, 0.05) is 26.0 Å². The zero-order chi connectivity index (χ0) is 17.4. The first-order valence-electron chi connectivity index (χ1n) is 8.19. The minimum Gasteiger partial charge on any atom is -0.486 e. The lowest BCUT2D eigenvalue weighted by Gasteiger charge is -2.43. The van der Waals surface area contributed by atoms with Crippen LogP contribution in [0.2, 0.25) is 0 Å². The van der Waals surface area contributed by atoms with Crippen LogP contribution in [0, 0.1) is 0 Å². The Morgan fingerprint density at radius 1 is 1.29 bits per heavy atom. The number of carbonyl (C=O) groups is 2.